The lowest BCUT2D eigenvalue weighted by atomic mass is 10.2. The Kier molecular flexibility index (Phi) is 8.07. The van der Waals surface area contributed by atoms with Gasteiger partial charge in [0.1, 0.15) is 18.3 Å². The summed E-state index contributed by atoms with van der Waals surface area (Å²) in [5, 5.41) is 7.39. The number of carbonyl (C=O) groups excluding carboxylic acids is 2. The van der Waals surface area contributed by atoms with Crippen molar-refractivity contribution in [3.05, 3.63) is 58.4 Å². The molecule has 27 heavy (non-hydrogen) atoms. The number of unbranched alkanes of at least 4 members (excludes halogenated alkanes) is 1. The number of ether oxygens (including phenoxy) is 1. The average Bonchev–Trinajstić information content (AvgIpc) is 2.95. The number of amides is 1. The van der Waals surface area contributed by atoms with Gasteiger partial charge in [-0.05, 0) is 25.0 Å². The Labute approximate surface area is 164 Å². The third-order valence-electron chi connectivity index (χ3n) is 3.88. The first-order chi connectivity index (χ1) is 13.0. The SMILES string of the molecule is CCCCn1nc(C)c(/C=C/C(=O)NCC(=O)OCc2ccccc2)c1Cl. The van der Waals surface area contributed by atoms with Crippen LogP contribution in [-0.4, -0.2) is 28.2 Å². The van der Waals surface area contributed by atoms with Gasteiger partial charge in [0.05, 0.1) is 5.69 Å². The van der Waals surface area contributed by atoms with Crippen LogP contribution in [0.1, 0.15) is 36.6 Å². The van der Waals surface area contributed by atoms with Gasteiger partial charge >= 0.3 is 5.97 Å². The number of nitrogens with one attached hydrogen (secondary N) is 1. The van der Waals surface area contributed by atoms with Crippen LogP contribution in [0.15, 0.2) is 36.4 Å². The predicted octanol–water partition coefficient (Wildman–Crippen LogP) is 3.52. The van der Waals surface area contributed by atoms with Gasteiger partial charge in [-0.2, -0.15) is 5.10 Å². The molecule has 0 radical (unpaired) electrons. The number of esters is 1. The van der Waals surface area contributed by atoms with E-state index in [1.807, 2.05) is 37.3 Å². The Bertz CT molecular complexity index is 800. The molecule has 2 aromatic rings. The van der Waals surface area contributed by atoms with Gasteiger partial charge in [0.2, 0.25) is 5.91 Å². The lowest BCUT2D eigenvalue weighted by Crippen LogP contribution is -2.29. The summed E-state index contributed by atoms with van der Waals surface area (Å²) in [4.78, 5) is 23.6. The zero-order valence-corrected chi connectivity index (χ0v) is 16.3. The van der Waals surface area contributed by atoms with Crippen molar-refractivity contribution in [1.82, 2.24) is 15.1 Å². The molecule has 0 saturated heterocycles. The Morgan fingerprint density at radius 1 is 1.30 bits per heavy atom. The molecule has 0 fully saturated rings. The van der Waals surface area contributed by atoms with Crippen molar-refractivity contribution < 1.29 is 14.3 Å². The summed E-state index contributed by atoms with van der Waals surface area (Å²) in [5.41, 5.74) is 2.35. The van der Waals surface area contributed by atoms with E-state index in [9.17, 15) is 9.59 Å². The Balaban J connectivity index is 1.81. The lowest BCUT2D eigenvalue weighted by molar-refractivity contribution is -0.144. The Morgan fingerprint density at radius 2 is 2.04 bits per heavy atom. The van der Waals surface area contributed by atoms with E-state index in [0.29, 0.717) is 10.7 Å². The normalized spacial score (nSPS) is 10.9. The topological polar surface area (TPSA) is 73.2 Å². The summed E-state index contributed by atoms with van der Waals surface area (Å²) in [6.45, 7) is 4.66. The van der Waals surface area contributed by atoms with Crippen molar-refractivity contribution in [2.45, 2.75) is 39.8 Å². The largest absolute Gasteiger partial charge is 0.460 e. The van der Waals surface area contributed by atoms with Crippen molar-refractivity contribution in [1.29, 1.82) is 0 Å². The standard InChI is InChI=1S/C20H24ClN3O3/c1-3-4-12-24-20(21)17(15(2)23-24)10-11-18(25)22-13-19(26)27-14-16-8-6-5-7-9-16/h5-11H,3-4,12-14H2,1-2H3,(H,22,25)/b11-10+. The van der Waals surface area contributed by atoms with E-state index in [1.165, 1.54) is 6.08 Å². The number of hydrogen-bond donors (Lipinski definition) is 1. The molecule has 6 nitrogen and oxygen atoms in total. The molecule has 1 aromatic heterocycles. The van der Waals surface area contributed by atoms with Crippen LogP contribution in [0.4, 0.5) is 0 Å². The molecular formula is C20H24ClN3O3. The molecular weight excluding hydrogens is 366 g/mol. The van der Waals surface area contributed by atoms with Crippen molar-refractivity contribution >= 4 is 29.6 Å². The molecule has 0 spiro atoms. The highest BCUT2D eigenvalue weighted by molar-refractivity contribution is 6.31. The second-order valence-electron chi connectivity index (χ2n) is 6.06. The summed E-state index contributed by atoms with van der Waals surface area (Å²) in [5.74, 6) is -0.898. The molecule has 1 amide bonds. The van der Waals surface area contributed by atoms with E-state index >= 15 is 0 Å². The van der Waals surface area contributed by atoms with Gasteiger partial charge in [0.15, 0.2) is 0 Å². The summed E-state index contributed by atoms with van der Waals surface area (Å²) in [7, 11) is 0. The molecule has 0 bridgehead atoms. The van der Waals surface area contributed by atoms with Crippen LogP contribution < -0.4 is 5.32 Å². The van der Waals surface area contributed by atoms with E-state index < -0.39 is 11.9 Å². The Hall–Kier alpha value is -2.60. The van der Waals surface area contributed by atoms with Gasteiger partial charge < -0.3 is 10.1 Å². The second-order valence-corrected chi connectivity index (χ2v) is 6.42. The minimum atomic E-state index is -0.498. The molecule has 0 unspecified atom stereocenters. The fourth-order valence-corrected chi connectivity index (χ4v) is 2.70. The zero-order chi connectivity index (χ0) is 19.6. The molecule has 0 saturated carbocycles. The lowest BCUT2D eigenvalue weighted by Gasteiger charge is -2.05. The molecule has 1 heterocycles. The van der Waals surface area contributed by atoms with Crippen molar-refractivity contribution in [2.75, 3.05) is 6.54 Å². The number of halogens is 1. The molecule has 0 atom stereocenters. The Morgan fingerprint density at radius 3 is 2.74 bits per heavy atom. The maximum Gasteiger partial charge on any atom is 0.325 e. The summed E-state index contributed by atoms with van der Waals surface area (Å²) >= 11 is 6.32. The van der Waals surface area contributed by atoms with Crippen LogP contribution >= 0.6 is 11.6 Å². The van der Waals surface area contributed by atoms with Gasteiger partial charge in [-0.15, -0.1) is 0 Å². The number of rotatable bonds is 9. The van der Waals surface area contributed by atoms with Gasteiger partial charge in [-0.3, -0.25) is 14.3 Å². The van der Waals surface area contributed by atoms with E-state index in [1.54, 1.807) is 10.8 Å². The highest BCUT2D eigenvalue weighted by atomic mass is 35.5. The number of hydrogen-bond acceptors (Lipinski definition) is 4. The van der Waals surface area contributed by atoms with E-state index in [2.05, 4.69) is 17.3 Å². The predicted molar refractivity (Wildman–Crippen MR) is 105 cm³/mol. The van der Waals surface area contributed by atoms with Crippen LogP contribution in [0.2, 0.25) is 5.15 Å². The fourth-order valence-electron chi connectivity index (χ4n) is 2.38. The molecule has 144 valence electrons. The molecule has 0 aliphatic rings. The molecule has 0 aliphatic heterocycles. The number of aromatic nitrogens is 2. The number of benzene rings is 1. The van der Waals surface area contributed by atoms with Crippen LogP contribution in [0.3, 0.4) is 0 Å². The van der Waals surface area contributed by atoms with Gasteiger partial charge in [0, 0.05) is 18.2 Å². The van der Waals surface area contributed by atoms with Crippen molar-refractivity contribution in [2.24, 2.45) is 0 Å². The fraction of sp³-hybridized carbons (Fsp3) is 0.350. The molecule has 1 aromatic carbocycles. The third kappa shape index (κ3) is 6.57. The van der Waals surface area contributed by atoms with E-state index in [-0.39, 0.29) is 13.2 Å². The summed E-state index contributed by atoms with van der Waals surface area (Å²) in [6, 6.07) is 9.35. The molecule has 2 rings (SSSR count). The van der Waals surface area contributed by atoms with Crippen molar-refractivity contribution in [3.8, 4) is 0 Å². The van der Waals surface area contributed by atoms with Gasteiger partial charge in [0.25, 0.3) is 0 Å². The third-order valence-corrected chi connectivity index (χ3v) is 4.28. The number of carbonyl (C=O) groups is 2. The van der Waals surface area contributed by atoms with Crippen LogP contribution in [0.5, 0.6) is 0 Å². The van der Waals surface area contributed by atoms with Crippen LogP contribution in [0.25, 0.3) is 6.08 Å². The average molecular weight is 390 g/mol. The highest BCUT2D eigenvalue weighted by Crippen LogP contribution is 2.21. The minimum Gasteiger partial charge on any atom is -0.460 e. The first-order valence-electron chi connectivity index (χ1n) is 8.89. The van der Waals surface area contributed by atoms with Gasteiger partial charge in [-0.1, -0.05) is 55.3 Å². The first kappa shape index (κ1) is 20.7. The summed E-state index contributed by atoms with van der Waals surface area (Å²) < 4.78 is 6.84. The van der Waals surface area contributed by atoms with Crippen LogP contribution in [0, 0.1) is 6.92 Å². The zero-order valence-electron chi connectivity index (χ0n) is 15.6. The van der Waals surface area contributed by atoms with E-state index in [4.69, 9.17) is 16.3 Å². The summed E-state index contributed by atoms with van der Waals surface area (Å²) in [6.07, 6.45) is 4.97. The van der Waals surface area contributed by atoms with Crippen LogP contribution in [-0.2, 0) is 27.5 Å². The maximum atomic E-state index is 11.9. The number of nitrogens with zero attached hydrogens (tertiary/aromatic N) is 2. The first-order valence-corrected chi connectivity index (χ1v) is 9.27. The monoisotopic (exact) mass is 389 g/mol. The van der Waals surface area contributed by atoms with Gasteiger partial charge in [-0.25, -0.2) is 0 Å². The highest BCUT2D eigenvalue weighted by Gasteiger charge is 2.11. The van der Waals surface area contributed by atoms with E-state index in [0.717, 1.165) is 30.6 Å². The quantitative estimate of drug-likeness (QED) is 0.526. The smallest absolute Gasteiger partial charge is 0.325 e. The maximum absolute atomic E-state index is 11.9. The second kappa shape index (κ2) is 10.5. The number of aryl methyl sites for hydroxylation is 2. The molecule has 0 aliphatic carbocycles. The van der Waals surface area contributed by atoms with Crippen molar-refractivity contribution in [3.63, 3.8) is 0 Å². The molecule has 1 N–H and O–H groups in total. The molecule has 7 heteroatoms. The minimum absolute atomic E-state index is 0.178.